The molecule has 3 aromatic rings. The first-order valence-electron chi connectivity index (χ1n) is 7.59. The average molecular weight is 327 g/mol. The lowest BCUT2D eigenvalue weighted by molar-refractivity contribution is 0.594. The lowest BCUT2D eigenvalue weighted by atomic mass is 10.1. The standard InChI is InChI=1S/C17H17N3O2S/c1-20(14-6-8-16-17(10-14)19-11-18-16)23(21,22)15-7-5-12-3-2-4-13(12)9-15/h5-11H,2-4H2,1H3,(H,18,19). The molecule has 5 nitrogen and oxygen atoms in total. The number of aromatic amines is 1. The van der Waals surface area contributed by atoms with E-state index in [0.29, 0.717) is 10.6 Å². The van der Waals surface area contributed by atoms with Crippen molar-refractivity contribution < 1.29 is 8.42 Å². The predicted octanol–water partition coefficient (Wildman–Crippen LogP) is 2.88. The Morgan fingerprint density at radius 3 is 2.78 bits per heavy atom. The molecule has 0 saturated carbocycles. The number of imidazole rings is 1. The zero-order valence-corrected chi connectivity index (χ0v) is 13.6. The summed E-state index contributed by atoms with van der Waals surface area (Å²) < 4.78 is 27.1. The van der Waals surface area contributed by atoms with Gasteiger partial charge < -0.3 is 4.98 Å². The van der Waals surface area contributed by atoms with E-state index in [-0.39, 0.29) is 0 Å². The van der Waals surface area contributed by atoms with E-state index < -0.39 is 10.0 Å². The van der Waals surface area contributed by atoms with Crippen LogP contribution >= 0.6 is 0 Å². The van der Waals surface area contributed by atoms with Gasteiger partial charge in [-0.3, -0.25) is 4.31 Å². The second kappa shape index (κ2) is 5.09. The Labute approximate surface area is 135 Å². The number of aromatic nitrogens is 2. The molecule has 0 atom stereocenters. The van der Waals surface area contributed by atoms with Crippen molar-refractivity contribution in [3.05, 3.63) is 53.9 Å². The Hall–Kier alpha value is -2.34. The lowest BCUT2D eigenvalue weighted by Gasteiger charge is -2.20. The predicted molar refractivity (Wildman–Crippen MR) is 90.1 cm³/mol. The number of sulfonamides is 1. The Morgan fingerprint density at radius 1 is 1.09 bits per heavy atom. The van der Waals surface area contributed by atoms with E-state index in [2.05, 4.69) is 9.97 Å². The third-order valence-corrected chi connectivity index (χ3v) is 6.28. The first kappa shape index (κ1) is 14.3. The topological polar surface area (TPSA) is 66.1 Å². The van der Waals surface area contributed by atoms with Crippen LogP contribution in [-0.2, 0) is 22.9 Å². The number of H-pyrrole nitrogens is 1. The van der Waals surface area contributed by atoms with E-state index in [1.807, 2.05) is 18.2 Å². The normalized spacial score (nSPS) is 14.1. The zero-order chi connectivity index (χ0) is 16.0. The number of aryl methyl sites for hydroxylation is 2. The molecule has 0 radical (unpaired) electrons. The minimum absolute atomic E-state index is 0.352. The van der Waals surface area contributed by atoms with Gasteiger partial charge in [0.25, 0.3) is 10.0 Å². The van der Waals surface area contributed by atoms with E-state index in [1.54, 1.807) is 31.6 Å². The van der Waals surface area contributed by atoms with Gasteiger partial charge in [-0.2, -0.15) is 0 Å². The highest BCUT2D eigenvalue weighted by Gasteiger charge is 2.23. The van der Waals surface area contributed by atoms with Crippen LogP contribution in [0.2, 0.25) is 0 Å². The van der Waals surface area contributed by atoms with E-state index in [0.717, 1.165) is 35.9 Å². The summed E-state index contributed by atoms with van der Waals surface area (Å²) in [5, 5.41) is 0. The summed E-state index contributed by atoms with van der Waals surface area (Å²) in [6.07, 6.45) is 4.71. The summed E-state index contributed by atoms with van der Waals surface area (Å²) >= 11 is 0. The number of rotatable bonds is 3. The molecule has 0 spiro atoms. The summed E-state index contributed by atoms with van der Waals surface area (Å²) in [6, 6.07) is 10.9. The van der Waals surface area contributed by atoms with Crippen molar-refractivity contribution in [2.45, 2.75) is 24.2 Å². The molecular formula is C17H17N3O2S. The molecule has 0 saturated heterocycles. The van der Waals surface area contributed by atoms with Crippen molar-refractivity contribution in [1.82, 2.24) is 9.97 Å². The first-order valence-corrected chi connectivity index (χ1v) is 9.03. The molecule has 1 heterocycles. The number of hydrogen-bond acceptors (Lipinski definition) is 3. The molecular weight excluding hydrogens is 310 g/mol. The molecule has 0 amide bonds. The van der Waals surface area contributed by atoms with Crippen LogP contribution in [0.3, 0.4) is 0 Å². The molecule has 6 heteroatoms. The van der Waals surface area contributed by atoms with Crippen LogP contribution in [0.5, 0.6) is 0 Å². The van der Waals surface area contributed by atoms with Gasteiger partial charge in [-0.25, -0.2) is 13.4 Å². The van der Waals surface area contributed by atoms with Gasteiger partial charge in [-0.15, -0.1) is 0 Å². The van der Waals surface area contributed by atoms with Crippen LogP contribution in [0.15, 0.2) is 47.6 Å². The van der Waals surface area contributed by atoms with Crippen molar-refractivity contribution in [2.24, 2.45) is 0 Å². The van der Waals surface area contributed by atoms with Gasteiger partial charge in [0.2, 0.25) is 0 Å². The Bertz CT molecular complexity index is 992. The lowest BCUT2D eigenvalue weighted by Crippen LogP contribution is -2.26. The molecule has 23 heavy (non-hydrogen) atoms. The van der Waals surface area contributed by atoms with Crippen LogP contribution in [0.1, 0.15) is 17.5 Å². The maximum absolute atomic E-state index is 12.9. The van der Waals surface area contributed by atoms with Gasteiger partial charge in [0.05, 0.1) is 27.9 Å². The van der Waals surface area contributed by atoms with Gasteiger partial charge in [-0.05, 0) is 60.7 Å². The maximum Gasteiger partial charge on any atom is 0.264 e. The van der Waals surface area contributed by atoms with E-state index >= 15 is 0 Å². The Morgan fingerprint density at radius 2 is 1.91 bits per heavy atom. The van der Waals surface area contributed by atoms with Crippen molar-refractivity contribution in [2.75, 3.05) is 11.4 Å². The monoisotopic (exact) mass is 327 g/mol. The Kier molecular flexibility index (Phi) is 3.16. The second-order valence-corrected chi connectivity index (χ2v) is 7.83. The number of benzene rings is 2. The first-order chi connectivity index (χ1) is 11.1. The van der Waals surface area contributed by atoms with Gasteiger partial charge in [0.1, 0.15) is 0 Å². The largest absolute Gasteiger partial charge is 0.345 e. The highest BCUT2D eigenvalue weighted by molar-refractivity contribution is 7.92. The average Bonchev–Trinajstić information content (AvgIpc) is 3.21. The summed E-state index contributed by atoms with van der Waals surface area (Å²) in [5.74, 6) is 0. The van der Waals surface area contributed by atoms with Crippen LogP contribution in [0.4, 0.5) is 5.69 Å². The van der Waals surface area contributed by atoms with Crippen LogP contribution < -0.4 is 4.31 Å². The van der Waals surface area contributed by atoms with Crippen molar-refractivity contribution in [1.29, 1.82) is 0 Å². The molecule has 1 aliphatic rings. The Balaban J connectivity index is 1.75. The molecule has 0 bridgehead atoms. The number of nitrogens with one attached hydrogen (secondary N) is 1. The molecule has 0 aliphatic heterocycles. The molecule has 1 aliphatic carbocycles. The van der Waals surface area contributed by atoms with Crippen LogP contribution in [-0.4, -0.2) is 25.4 Å². The maximum atomic E-state index is 12.9. The molecule has 1 aromatic heterocycles. The summed E-state index contributed by atoms with van der Waals surface area (Å²) in [5.41, 5.74) is 4.67. The summed E-state index contributed by atoms with van der Waals surface area (Å²) in [7, 11) is -1.98. The van der Waals surface area contributed by atoms with Gasteiger partial charge in [0, 0.05) is 7.05 Å². The fourth-order valence-electron chi connectivity index (χ4n) is 3.12. The zero-order valence-electron chi connectivity index (χ0n) is 12.8. The van der Waals surface area contributed by atoms with E-state index in [1.165, 1.54) is 9.87 Å². The SMILES string of the molecule is CN(c1ccc2nc[nH]c2c1)S(=O)(=O)c1ccc2c(c1)CCC2. The number of fused-ring (bicyclic) bond motifs is 2. The van der Waals surface area contributed by atoms with Crippen LogP contribution in [0, 0.1) is 0 Å². The van der Waals surface area contributed by atoms with Crippen molar-refractivity contribution >= 4 is 26.7 Å². The minimum atomic E-state index is -3.57. The van der Waals surface area contributed by atoms with Crippen molar-refractivity contribution in [3.8, 4) is 0 Å². The molecule has 4 rings (SSSR count). The molecule has 1 N–H and O–H groups in total. The van der Waals surface area contributed by atoms with Crippen molar-refractivity contribution in [3.63, 3.8) is 0 Å². The van der Waals surface area contributed by atoms with E-state index in [9.17, 15) is 8.42 Å². The highest BCUT2D eigenvalue weighted by atomic mass is 32.2. The second-order valence-electron chi connectivity index (χ2n) is 5.86. The molecule has 118 valence electrons. The molecule has 0 unspecified atom stereocenters. The number of hydrogen-bond donors (Lipinski definition) is 1. The minimum Gasteiger partial charge on any atom is -0.345 e. The fourth-order valence-corrected chi connectivity index (χ4v) is 4.36. The molecule has 2 aromatic carbocycles. The highest BCUT2D eigenvalue weighted by Crippen LogP contribution is 2.28. The van der Waals surface area contributed by atoms with Gasteiger partial charge >= 0.3 is 0 Å². The summed E-state index contributed by atoms with van der Waals surface area (Å²) in [6.45, 7) is 0. The third kappa shape index (κ3) is 2.30. The molecule has 0 fully saturated rings. The van der Waals surface area contributed by atoms with Gasteiger partial charge in [-0.1, -0.05) is 6.07 Å². The van der Waals surface area contributed by atoms with Gasteiger partial charge in [0.15, 0.2) is 0 Å². The number of anilines is 1. The van der Waals surface area contributed by atoms with E-state index in [4.69, 9.17) is 0 Å². The third-order valence-electron chi connectivity index (χ3n) is 4.50. The quantitative estimate of drug-likeness (QED) is 0.804. The van der Waals surface area contributed by atoms with Crippen LogP contribution in [0.25, 0.3) is 11.0 Å². The smallest absolute Gasteiger partial charge is 0.264 e. The summed E-state index contributed by atoms with van der Waals surface area (Å²) in [4.78, 5) is 7.51. The fraction of sp³-hybridized carbons (Fsp3) is 0.235. The number of nitrogens with zero attached hydrogens (tertiary/aromatic N) is 2.